The Morgan fingerprint density at radius 3 is 2.67 bits per heavy atom. The fraction of sp³-hybridized carbons (Fsp3) is 0.200. The fourth-order valence-corrected chi connectivity index (χ4v) is 0.826. The van der Waals surface area contributed by atoms with Crippen LogP contribution in [0.15, 0.2) is 30.3 Å². The summed E-state index contributed by atoms with van der Waals surface area (Å²) in [4.78, 5) is 0. The minimum Gasteiger partial charge on any atom is -0.353 e. The van der Waals surface area contributed by atoms with E-state index in [9.17, 15) is 0 Å². The molecule has 1 aromatic rings. The SMILES string of the molecule is ClCOCC#Cc1ccccc1. The van der Waals surface area contributed by atoms with Crippen molar-refractivity contribution in [3.05, 3.63) is 35.9 Å². The monoisotopic (exact) mass is 180 g/mol. The Balaban J connectivity index is 2.44. The summed E-state index contributed by atoms with van der Waals surface area (Å²) in [7, 11) is 0. The number of ether oxygens (including phenoxy) is 1. The summed E-state index contributed by atoms with van der Waals surface area (Å²) in [6.45, 7) is 0.387. The van der Waals surface area contributed by atoms with Gasteiger partial charge in [0.2, 0.25) is 0 Å². The zero-order chi connectivity index (χ0) is 8.65. The normalized spacial score (nSPS) is 8.75. The molecule has 0 aliphatic heterocycles. The van der Waals surface area contributed by atoms with E-state index in [2.05, 4.69) is 11.8 Å². The molecule has 62 valence electrons. The van der Waals surface area contributed by atoms with Gasteiger partial charge in [0.05, 0.1) is 0 Å². The van der Waals surface area contributed by atoms with E-state index in [0.29, 0.717) is 6.61 Å². The zero-order valence-corrected chi connectivity index (χ0v) is 7.34. The van der Waals surface area contributed by atoms with E-state index in [4.69, 9.17) is 16.3 Å². The molecule has 0 bridgehead atoms. The second-order valence-electron chi connectivity index (χ2n) is 2.13. The number of benzene rings is 1. The predicted molar refractivity (Wildman–Crippen MR) is 50.0 cm³/mol. The van der Waals surface area contributed by atoms with Crippen molar-refractivity contribution < 1.29 is 4.74 Å². The lowest BCUT2D eigenvalue weighted by Gasteiger charge is -1.88. The molecule has 0 heterocycles. The van der Waals surface area contributed by atoms with E-state index >= 15 is 0 Å². The van der Waals surface area contributed by atoms with E-state index < -0.39 is 0 Å². The summed E-state index contributed by atoms with van der Waals surface area (Å²) < 4.78 is 4.85. The Hall–Kier alpha value is -0.970. The smallest absolute Gasteiger partial charge is 0.122 e. The molecule has 0 saturated carbocycles. The molecule has 0 N–H and O–H groups in total. The molecule has 0 atom stereocenters. The van der Waals surface area contributed by atoms with Crippen LogP contribution in [0, 0.1) is 11.8 Å². The van der Waals surface area contributed by atoms with Crippen molar-refractivity contribution >= 4 is 11.6 Å². The predicted octanol–water partition coefficient (Wildman–Crippen LogP) is 2.25. The third-order valence-electron chi connectivity index (χ3n) is 1.26. The van der Waals surface area contributed by atoms with Gasteiger partial charge >= 0.3 is 0 Å². The third kappa shape index (κ3) is 3.43. The van der Waals surface area contributed by atoms with Gasteiger partial charge in [0.15, 0.2) is 0 Å². The molecular weight excluding hydrogens is 172 g/mol. The van der Waals surface area contributed by atoms with Crippen molar-refractivity contribution in [2.45, 2.75) is 0 Å². The summed E-state index contributed by atoms with van der Waals surface area (Å²) in [5, 5.41) is 0. The van der Waals surface area contributed by atoms with Crippen LogP contribution in [0.25, 0.3) is 0 Å². The van der Waals surface area contributed by atoms with E-state index in [1.807, 2.05) is 30.3 Å². The molecular formula is C10H9ClO. The van der Waals surface area contributed by atoms with Crippen molar-refractivity contribution in [2.75, 3.05) is 12.7 Å². The van der Waals surface area contributed by atoms with Gasteiger partial charge in [0.25, 0.3) is 0 Å². The average molecular weight is 181 g/mol. The van der Waals surface area contributed by atoms with Gasteiger partial charge < -0.3 is 4.74 Å². The van der Waals surface area contributed by atoms with Crippen molar-refractivity contribution in [1.82, 2.24) is 0 Å². The Bertz CT molecular complexity index is 271. The molecule has 0 aliphatic rings. The molecule has 1 rings (SSSR count). The second-order valence-corrected chi connectivity index (χ2v) is 2.34. The zero-order valence-electron chi connectivity index (χ0n) is 6.59. The Morgan fingerprint density at radius 2 is 2.00 bits per heavy atom. The molecule has 0 fully saturated rings. The first-order valence-corrected chi connectivity index (χ1v) is 4.14. The van der Waals surface area contributed by atoms with Crippen LogP contribution < -0.4 is 0 Å². The van der Waals surface area contributed by atoms with E-state index in [0.717, 1.165) is 5.56 Å². The summed E-state index contributed by atoms with van der Waals surface area (Å²) in [5.74, 6) is 5.79. The standard InChI is InChI=1S/C10H9ClO/c11-9-12-8-4-7-10-5-2-1-3-6-10/h1-3,5-6H,8-9H2. The number of hydrogen-bond acceptors (Lipinski definition) is 1. The molecule has 0 radical (unpaired) electrons. The molecule has 2 heteroatoms. The van der Waals surface area contributed by atoms with Crippen molar-refractivity contribution in [1.29, 1.82) is 0 Å². The van der Waals surface area contributed by atoms with Crippen LogP contribution in [0.1, 0.15) is 5.56 Å². The molecule has 0 saturated heterocycles. The first-order valence-electron chi connectivity index (χ1n) is 3.61. The van der Waals surface area contributed by atoms with Crippen LogP contribution in [0.2, 0.25) is 0 Å². The Kier molecular flexibility index (Phi) is 4.30. The quantitative estimate of drug-likeness (QED) is 0.386. The van der Waals surface area contributed by atoms with Gasteiger partial charge in [0.1, 0.15) is 12.7 Å². The van der Waals surface area contributed by atoms with Crippen LogP contribution in [-0.2, 0) is 4.74 Å². The highest BCUT2D eigenvalue weighted by molar-refractivity contribution is 6.17. The molecule has 1 aromatic carbocycles. The summed E-state index contributed by atoms with van der Waals surface area (Å²) >= 11 is 5.29. The summed E-state index contributed by atoms with van der Waals surface area (Å²) in [6.07, 6.45) is 0. The van der Waals surface area contributed by atoms with E-state index in [-0.39, 0.29) is 6.07 Å². The van der Waals surface area contributed by atoms with Crippen molar-refractivity contribution in [3.8, 4) is 11.8 Å². The highest BCUT2D eigenvalue weighted by Gasteiger charge is 1.80. The number of hydrogen-bond donors (Lipinski definition) is 0. The van der Waals surface area contributed by atoms with Crippen LogP contribution in [0.3, 0.4) is 0 Å². The Labute approximate surface area is 77.3 Å². The van der Waals surface area contributed by atoms with Crippen molar-refractivity contribution in [3.63, 3.8) is 0 Å². The number of halogens is 1. The van der Waals surface area contributed by atoms with Gasteiger partial charge in [-0.2, -0.15) is 0 Å². The minimum atomic E-state index is 0.198. The van der Waals surface area contributed by atoms with Crippen LogP contribution in [-0.4, -0.2) is 12.7 Å². The highest BCUT2D eigenvalue weighted by Crippen LogP contribution is 1.94. The second kappa shape index (κ2) is 5.65. The molecule has 0 amide bonds. The summed E-state index contributed by atoms with van der Waals surface area (Å²) in [5.41, 5.74) is 0.996. The average Bonchev–Trinajstić information content (AvgIpc) is 2.14. The molecule has 0 aromatic heterocycles. The Morgan fingerprint density at radius 1 is 1.25 bits per heavy atom. The van der Waals surface area contributed by atoms with Gasteiger partial charge in [-0.05, 0) is 12.1 Å². The lowest BCUT2D eigenvalue weighted by molar-refractivity contribution is 0.218. The largest absolute Gasteiger partial charge is 0.353 e. The minimum absolute atomic E-state index is 0.198. The van der Waals surface area contributed by atoms with Crippen molar-refractivity contribution in [2.24, 2.45) is 0 Å². The fourth-order valence-electron chi connectivity index (χ4n) is 0.749. The maximum Gasteiger partial charge on any atom is 0.122 e. The maximum absolute atomic E-state index is 5.29. The molecule has 0 unspecified atom stereocenters. The van der Waals surface area contributed by atoms with Gasteiger partial charge in [-0.25, -0.2) is 0 Å². The number of alkyl halides is 1. The van der Waals surface area contributed by atoms with Gasteiger partial charge in [-0.3, -0.25) is 0 Å². The first-order chi connectivity index (χ1) is 5.93. The highest BCUT2D eigenvalue weighted by atomic mass is 35.5. The maximum atomic E-state index is 5.29. The van der Waals surface area contributed by atoms with Crippen LogP contribution >= 0.6 is 11.6 Å². The van der Waals surface area contributed by atoms with Gasteiger partial charge in [0, 0.05) is 5.56 Å². The van der Waals surface area contributed by atoms with E-state index in [1.165, 1.54) is 0 Å². The molecule has 0 spiro atoms. The topological polar surface area (TPSA) is 9.23 Å². The van der Waals surface area contributed by atoms with Gasteiger partial charge in [-0.15, -0.1) is 0 Å². The van der Waals surface area contributed by atoms with Crippen LogP contribution in [0.5, 0.6) is 0 Å². The number of rotatable bonds is 2. The molecule has 0 aliphatic carbocycles. The van der Waals surface area contributed by atoms with Gasteiger partial charge in [-0.1, -0.05) is 41.6 Å². The molecule has 1 nitrogen and oxygen atoms in total. The first kappa shape index (κ1) is 9.12. The summed E-state index contributed by atoms with van der Waals surface area (Å²) in [6, 6.07) is 9.96. The van der Waals surface area contributed by atoms with E-state index in [1.54, 1.807) is 0 Å². The third-order valence-corrected chi connectivity index (χ3v) is 1.41. The molecule has 12 heavy (non-hydrogen) atoms. The lowest BCUT2D eigenvalue weighted by Crippen LogP contribution is -1.86. The van der Waals surface area contributed by atoms with Crippen LogP contribution in [0.4, 0.5) is 0 Å². The lowest BCUT2D eigenvalue weighted by atomic mass is 10.2.